The first-order chi connectivity index (χ1) is 14.6. The fourth-order valence-corrected chi connectivity index (χ4v) is 10.9. The second-order valence-electron chi connectivity index (χ2n) is 9.98. The van der Waals surface area contributed by atoms with Crippen LogP contribution in [0.15, 0.2) is 58.3 Å². The van der Waals surface area contributed by atoms with Crippen LogP contribution in [0.4, 0.5) is 0 Å². The van der Waals surface area contributed by atoms with Gasteiger partial charge in [-0.3, -0.25) is 0 Å². The van der Waals surface area contributed by atoms with E-state index in [1.54, 1.807) is 24.3 Å². The van der Waals surface area contributed by atoms with Crippen LogP contribution in [0.2, 0.25) is 0 Å². The van der Waals surface area contributed by atoms with E-state index in [1.807, 2.05) is 13.8 Å². The Morgan fingerprint density at radius 2 is 0.968 bits per heavy atom. The molecule has 0 aliphatic heterocycles. The number of sulfonamides is 2. The van der Waals surface area contributed by atoms with Crippen molar-refractivity contribution < 1.29 is 16.8 Å². The minimum Gasteiger partial charge on any atom is -0.206 e. The lowest BCUT2D eigenvalue weighted by Gasteiger charge is -2.59. The summed E-state index contributed by atoms with van der Waals surface area (Å²) in [7, 11) is -8.50. The van der Waals surface area contributed by atoms with Crippen molar-refractivity contribution in [2.45, 2.75) is 67.7 Å². The van der Waals surface area contributed by atoms with E-state index >= 15 is 0 Å². The third kappa shape index (κ3) is 3.45. The fraction of sp³-hybridized carbons (Fsp3) is 0.500. The van der Waals surface area contributed by atoms with Gasteiger partial charge < -0.3 is 0 Å². The van der Waals surface area contributed by atoms with Crippen molar-refractivity contribution in [1.29, 1.82) is 0 Å². The lowest BCUT2D eigenvalue weighted by molar-refractivity contribution is -0.0343. The number of hydrogen-bond acceptors (Lipinski definition) is 4. The normalized spacial score (nSPS) is 30.1. The number of rotatable bonds is 5. The van der Waals surface area contributed by atoms with Gasteiger partial charge in [0, 0.05) is 0 Å². The van der Waals surface area contributed by atoms with Crippen molar-refractivity contribution in [3.63, 3.8) is 0 Å². The van der Waals surface area contributed by atoms with Crippen LogP contribution in [0.25, 0.3) is 0 Å². The lowest BCUT2D eigenvalue weighted by atomic mass is 9.53. The summed E-state index contributed by atoms with van der Waals surface area (Å²) in [5.41, 5.74) is 1.01. The van der Waals surface area contributed by atoms with E-state index in [2.05, 4.69) is 0 Å². The standard InChI is InChI=1S/C24H29NO4S2/c1-17-3-7-22(8-4-17)30(26,27)25(31(28,29)23-9-5-18(2)6-10-23)24-14-19-11-20(15-24)13-21(12-19)16-24/h3-10,19-21H,11-16H2,1-2H3. The lowest BCUT2D eigenvalue weighted by Crippen LogP contribution is -2.62. The molecule has 0 atom stereocenters. The molecule has 0 aromatic heterocycles. The average molecular weight is 460 g/mol. The average Bonchev–Trinajstić information content (AvgIpc) is 2.67. The molecule has 0 unspecified atom stereocenters. The van der Waals surface area contributed by atoms with Gasteiger partial charge in [-0.25, -0.2) is 16.8 Å². The van der Waals surface area contributed by atoms with E-state index in [1.165, 1.54) is 24.3 Å². The first kappa shape index (κ1) is 21.2. The summed E-state index contributed by atoms with van der Waals surface area (Å²) in [6, 6.07) is 13.0. The molecule has 166 valence electrons. The molecule has 0 spiro atoms. The van der Waals surface area contributed by atoms with Gasteiger partial charge in [-0.2, -0.15) is 0 Å². The largest absolute Gasteiger partial charge is 0.256 e. The predicted molar refractivity (Wildman–Crippen MR) is 119 cm³/mol. The number of benzene rings is 2. The Hall–Kier alpha value is -1.70. The third-order valence-electron chi connectivity index (χ3n) is 7.47. The molecule has 4 saturated carbocycles. The summed E-state index contributed by atoms with van der Waals surface area (Å²) in [5.74, 6) is 1.24. The first-order valence-corrected chi connectivity index (χ1v) is 13.9. The maximum absolute atomic E-state index is 14.0. The zero-order valence-corrected chi connectivity index (χ0v) is 19.6. The molecule has 0 amide bonds. The zero-order chi connectivity index (χ0) is 22.0. The summed E-state index contributed by atoms with van der Waals surface area (Å²) >= 11 is 0. The second-order valence-corrected chi connectivity index (χ2v) is 13.8. The molecular weight excluding hydrogens is 430 g/mol. The van der Waals surface area contributed by atoms with E-state index in [9.17, 15) is 16.8 Å². The minimum atomic E-state index is -4.25. The number of aryl methyl sites for hydroxylation is 2. The van der Waals surface area contributed by atoms with Gasteiger partial charge in [-0.15, -0.1) is 0 Å². The maximum Gasteiger partial charge on any atom is 0.256 e. The first-order valence-electron chi connectivity index (χ1n) is 11.0. The van der Waals surface area contributed by atoms with Gasteiger partial charge in [-0.1, -0.05) is 39.1 Å². The molecular formula is C24H29NO4S2. The van der Waals surface area contributed by atoms with Gasteiger partial charge in [0.1, 0.15) is 0 Å². The highest BCUT2D eigenvalue weighted by Gasteiger charge is 2.60. The molecule has 31 heavy (non-hydrogen) atoms. The summed E-state index contributed by atoms with van der Waals surface area (Å²) in [6.45, 7) is 3.77. The molecule has 0 radical (unpaired) electrons. The minimum absolute atomic E-state index is 0.0459. The summed E-state index contributed by atoms with van der Waals surface area (Å²) in [5, 5.41) is 0. The molecule has 2 aromatic rings. The molecule has 0 N–H and O–H groups in total. The number of nitrogens with zero attached hydrogens (tertiary/aromatic N) is 1. The highest BCUT2D eigenvalue weighted by molar-refractivity contribution is 8.04. The summed E-state index contributed by atoms with van der Waals surface area (Å²) < 4.78 is 56.9. The molecule has 2 aromatic carbocycles. The van der Waals surface area contributed by atoms with Crippen LogP contribution >= 0.6 is 0 Å². The van der Waals surface area contributed by atoms with Crippen LogP contribution in [0, 0.1) is 31.6 Å². The van der Waals surface area contributed by atoms with Crippen molar-refractivity contribution in [2.24, 2.45) is 17.8 Å². The van der Waals surface area contributed by atoms with Crippen LogP contribution in [0.3, 0.4) is 0 Å². The van der Waals surface area contributed by atoms with Crippen molar-refractivity contribution in [3.8, 4) is 0 Å². The van der Waals surface area contributed by atoms with Crippen molar-refractivity contribution in [3.05, 3.63) is 59.7 Å². The monoisotopic (exact) mass is 459 g/mol. The second kappa shape index (κ2) is 7.15. The highest BCUT2D eigenvalue weighted by atomic mass is 32.3. The van der Waals surface area contributed by atoms with Crippen LogP contribution in [-0.4, -0.2) is 26.1 Å². The Morgan fingerprint density at radius 3 is 1.29 bits per heavy atom. The Kier molecular flexibility index (Phi) is 4.88. The molecule has 0 saturated heterocycles. The van der Waals surface area contributed by atoms with Gasteiger partial charge >= 0.3 is 0 Å². The summed E-state index contributed by atoms with van der Waals surface area (Å²) in [4.78, 5) is 0.0917. The molecule has 5 nitrogen and oxygen atoms in total. The molecule has 4 fully saturated rings. The van der Waals surface area contributed by atoms with Gasteiger partial charge in [0.15, 0.2) is 0 Å². The molecule has 0 heterocycles. The Labute approximate surface area is 185 Å². The van der Waals surface area contributed by atoms with E-state index in [0.29, 0.717) is 37.0 Å². The van der Waals surface area contributed by atoms with Crippen LogP contribution in [0.1, 0.15) is 49.7 Å². The van der Waals surface area contributed by atoms with E-state index in [-0.39, 0.29) is 9.79 Å². The molecule has 4 bridgehead atoms. The predicted octanol–water partition coefficient (Wildman–Crippen LogP) is 4.65. The Morgan fingerprint density at radius 1 is 0.645 bits per heavy atom. The fourth-order valence-electron chi connectivity index (χ4n) is 6.54. The Bertz CT molecular complexity index is 1090. The van der Waals surface area contributed by atoms with E-state index < -0.39 is 25.6 Å². The Balaban J connectivity index is 1.70. The topological polar surface area (TPSA) is 71.5 Å². The molecule has 4 aliphatic carbocycles. The SMILES string of the molecule is Cc1ccc(S(=O)(=O)N(C23CC4CC(CC(C4)C2)C3)S(=O)(=O)c2ccc(C)cc2)cc1. The smallest absolute Gasteiger partial charge is 0.206 e. The van der Waals surface area contributed by atoms with E-state index in [0.717, 1.165) is 34.1 Å². The molecule has 7 heteroatoms. The van der Waals surface area contributed by atoms with Gasteiger partial charge in [0.05, 0.1) is 15.3 Å². The van der Waals surface area contributed by atoms with Crippen LogP contribution in [0.5, 0.6) is 0 Å². The third-order valence-corrected chi connectivity index (χ3v) is 12.0. The van der Waals surface area contributed by atoms with Crippen molar-refractivity contribution >= 4 is 20.0 Å². The van der Waals surface area contributed by atoms with Crippen LogP contribution < -0.4 is 0 Å². The van der Waals surface area contributed by atoms with Crippen molar-refractivity contribution in [1.82, 2.24) is 3.71 Å². The molecule has 6 rings (SSSR count). The van der Waals surface area contributed by atoms with Gasteiger partial charge in [0.25, 0.3) is 20.0 Å². The molecule has 4 aliphatic rings. The zero-order valence-electron chi connectivity index (χ0n) is 18.0. The highest BCUT2D eigenvalue weighted by Crippen LogP contribution is 2.59. The van der Waals surface area contributed by atoms with Crippen LogP contribution in [-0.2, 0) is 20.0 Å². The summed E-state index contributed by atoms with van der Waals surface area (Å²) in [6.07, 6.45) is 5.20. The maximum atomic E-state index is 14.0. The number of hydrogen-bond donors (Lipinski definition) is 0. The van der Waals surface area contributed by atoms with Crippen molar-refractivity contribution in [2.75, 3.05) is 0 Å². The van der Waals surface area contributed by atoms with Gasteiger partial charge in [-0.05, 0) is 94.4 Å². The van der Waals surface area contributed by atoms with Gasteiger partial charge in [0.2, 0.25) is 0 Å². The van der Waals surface area contributed by atoms with E-state index in [4.69, 9.17) is 0 Å². The quantitative estimate of drug-likeness (QED) is 0.652.